The fraction of sp³-hybridized carbons (Fsp3) is 0.341. The molecule has 0 spiro atoms. The van der Waals surface area contributed by atoms with Crippen LogP contribution in [0.3, 0.4) is 0 Å². The van der Waals surface area contributed by atoms with Gasteiger partial charge in [-0.3, -0.25) is 19.2 Å². The van der Waals surface area contributed by atoms with Crippen LogP contribution in [0.15, 0.2) is 183 Å². The Labute approximate surface area is 607 Å². The maximum absolute atomic E-state index is 13.9. The third-order valence-electron chi connectivity index (χ3n) is 20.7. The molecule has 11 aromatic rings. The number of hydrogen-bond donors (Lipinski definition) is 6. The molecule has 6 N–H and O–H groups in total. The van der Waals surface area contributed by atoms with E-state index in [0.717, 1.165) is 124 Å². The fourth-order valence-electron chi connectivity index (χ4n) is 15.1. The van der Waals surface area contributed by atoms with Crippen LogP contribution >= 0.6 is 11.6 Å². The number of carbonyl (C=O) groups is 4. The number of piperidine rings is 3. The molecule has 538 valence electrons. The molecule has 3 fully saturated rings. The van der Waals surface area contributed by atoms with Gasteiger partial charge in [-0.1, -0.05) is 109 Å². The maximum Gasteiger partial charge on any atom is 0.253 e. The zero-order valence-corrected chi connectivity index (χ0v) is 61.1. The van der Waals surface area contributed by atoms with Crippen molar-refractivity contribution in [2.24, 2.45) is 0 Å². The molecule has 16 rings (SSSR count). The molecule has 5 aromatic heterocycles. The maximum atomic E-state index is 13.9. The topological polar surface area (TPSA) is 213 Å². The van der Waals surface area contributed by atoms with Crippen molar-refractivity contribution in [2.45, 2.75) is 76.0 Å². The van der Waals surface area contributed by atoms with Gasteiger partial charge in [0.15, 0.2) is 0 Å². The fourth-order valence-corrected chi connectivity index (χ4v) is 16.1. The Morgan fingerprint density at radius 3 is 1.48 bits per heavy atom. The van der Waals surface area contributed by atoms with E-state index < -0.39 is 10.0 Å². The molecule has 0 bridgehead atoms. The molecule has 0 radical (unpaired) electrons. The molecule has 18 nitrogen and oxygen atoms in total. The number of likely N-dealkylation sites (N-methyl/N-ethyl adjacent to an activating group) is 2. The minimum absolute atomic E-state index is 0.140. The van der Waals surface area contributed by atoms with Crippen LogP contribution in [0.1, 0.15) is 114 Å². The Hall–Kier alpha value is -9.57. The summed E-state index contributed by atoms with van der Waals surface area (Å²) in [6.07, 6.45) is 23.2. The van der Waals surface area contributed by atoms with Gasteiger partial charge in [0, 0.05) is 180 Å². The standard InChI is InChI=1S/C20H20N2O.C17H23N3O.C16H21N3O.C15H15ClN2O.C14H15FN2O2S/c23-20(16-6-2-1-3-7-16)22-12-10-15(11-13-22)18-14-21-19-9-5-4-8-17(18)19;1-19(2)12-17(21)20-9-7-13(8-10-20)15-11-18-16-6-4-3-5-14(15)16;1-17-11-16(20)19-8-6-12(7-9-19)14-10-18-15-5-3-2-4-13(14)15;1-10(19)18-6-4-11(5-7-18)14-9-17-15-8-12(16)2-3-13(14)15;1-20(18,19)17-7-5-10(6-8-17)11-9-16-13-4-2-3-12(15)14(11)13/h1-9,14-15,21H,10-13H2;3-6,11,13,18H,7-10,12H2,1-2H3;2-5,10,12,17-18H,6-9,11H2,1H3;2-4,8-9,17H,5-7H2,1H3;2-5,9,16H,6-8H2,1H3. The van der Waals surface area contributed by atoms with E-state index in [9.17, 15) is 32.0 Å². The summed E-state index contributed by atoms with van der Waals surface area (Å²) in [7, 11) is 2.54. The number of aromatic amines is 5. The second-order valence-electron chi connectivity index (χ2n) is 27.7. The Bertz CT molecular complexity index is 4930. The van der Waals surface area contributed by atoms with Crippen molar-refractivity contribution in [1.29, 1.82) is 0 Å². The van der Waals surface area contributed by atoms with E-state index in [1.54, 1.807) is 19.2 Å². The van der Waals surface area contributed by atoms with Crippen molar-refractivity contribution in [2.75, 3.05) is 106 Å². The number of fused-ring (bicyclic) bond motifs is 5. The SMILES string of the molecule is CC(=O)N1CC=C(c2c[nH]c3cc(Cl)ccc23)CC1.CN(C)CC(=O)N1CCC(c2c[nH]c3ccccc23)CC1.CNCC(=O)N1CCC(c2c[nH]c3ccccc23)CC1.CS(=O)(=O)N1CC=C(c2c[nH]c3cccc(F)c23)CC1.O=C(c1ccccc1)N1CCC(c2c[nH]c3ccccc23)CC1. The number of nitrogens with one attached hydrogen (secondary N) is 6. The predicted molar refractivity (Wildman–Crippen MR) is 414 cm³/mol. The molecule has 0 saturated carbocycles. The Morgan fingerprint density at radius 1 is 0.515 bits per heavy atom. The molecule has 3 saturated heterocycles. The lowest BCUT2D eigenvalue weighted by Gasteiger charge is -2.32. The minimum atomic E-state index is -3.16. The number of nitrogens with zero attached hydrogens (tertiary/aromatic N) is 6. The minimum Gasteiger partial charge on any atom is -0.361 e. The second-order valence-corrected chi connectivity index (χ2v) is 30.1. The lowest BCUT2D eigenvalue weighted by atomic mass is 9.89. The number of hydrogen-bond acceptors (Lipinski definition) is 8. The molecule has 10 heterocycles. The van der Waals surface area contributed by atoms with Crippen LogP contribution in [0, 0.1) is 5.82 Å². The highest BCUT2D eigenvalue weighted by molar-refractivity contribution is 7.88. The highest BCUT2D eigenvalue weighted by Crippen LogP contribution is 2.38. The monoisotopic (exact) mass is 1430 g/mol. The predicted octanol–water partition coefficient (Wildman–Crippen LogP) is 14.5. The number of halogens is 2. The van der Waals surface area contributed by atoms with Gasteiger partial charge < -0.3 is 54.7 Å². The van der Waals surface area contributed by atoms with Crippen molar-refractivity contribution >= 4 is 111 Å². The summed E-state index contributed by atoms with van der Waals surface area (Å²) < 4.78 is 38.3. The Morgan fingerprint density at radius 2 is 0.981 bits per heavy atom. The van der Waals surface area contributed by atoms with Crippen LogP contribution in [-0.4, -0.2) is 192 Å². The summed E-state index contributed by atoms with van der Waals surface area (Å²) in [6, 6.07) is 45.8. The van der Waals surface area contributed by atoms with Gasteiger partial charge in [-0.25, -0.2) is 12.8 Å². The van der Waals surface area contributed by atoms with E-state index in [-0.39, 0.29) is 29.4 Å². The third kappa shape index (κ3) is 17.7. The molecule has 103 heavy (non-hydrogen) atoms. The van der Waals surface area contributed by atoms with Crippen molar-refractivity contribution in [1.82, 2.24) is 59.0 Å². The van der Waals surface area contributed by atoms with E-state index >= 15 is 0 Å². The first kappa shape index (κ1) is 73.2. The Balaban J connectivity index is 0.000000122. The van der Waals surface area contributed by atoms with Gasteiger partial charge in [-0.2, -0.15) is 4.31 Å². The van der Waals surface area contributed by atoms with Gasteiger partial charge in [0.25, 0.3) is 5.91 Å². The van der Waals surface area contributed by atoms with Crippen molar-refractivity contribution in [3.8, 4) is 0 Å². The summed E-state index contributed by atoms with van der Waals surface area (Å²) in [5.41, 5.74) is 14.7. The molecule has 0 unspecified atom stereocenters. The summed E-state index contributed by atoms with van der Waals surface area (Å²) in [4.78, 5) is 73.9. The number of amides is 4. The summed E-state index contributed by atoms with van der Waals surface area (Å²) in [6.45, 7) is 9.98. The normalized spacial score (nSPS) is 16.5. The Kier molecular flexibility index (Phi) is 23.9. The highest BCUT2D eigenvalue weighted by atomic mass is 35.5. The van der Waals surface area contributed by atoms with Crippen LogP contribution in [0.4, 0.5) is 4.39 Å². The zero-order valence-electron chi connectivity index (χ0n) is 59.5. The van der Waals surface area contributed by atoms with Crippen LogP contribution < -0.4 is 5.32 Å². The second kappa shape index (κ2) is 33.7. The van der Waals surface area contributed by atoms with E-state index in [4.69, 9.17) is 11.6 Å². The first-order valence-electron chi connectivity index (χ1n) is 35.9. The van der Waals surface area contributed by atoms with Gasteiger partial charge in [-0.15, -0.1) is 0 Å². The van der Waals surface area contributed by atoms with Crippen molar-refractivity contribution in [3.63, 3.8) is 0 Å². The number of rotatable bonds is 11. The van der Waals surface area contributed by atoms with Gasteiger partial charge >= 0.3 is 0 Å². The summed E-state index contributed by atoms with van der Waals surface area (Å²) in [5, 5.41) is 9.41. The van der Waals surface area contributed by atoms with Crippen molar-refractivity contribution in [3.05, 3.63) is 227 Å². The molecule has 0 aliphatic carbocycles. The van der Waals surface area contributed by atoms with Crippen molar-refractivity contribution < 1.29 is 32.0 Å². The lowest BCUT2D eigenvalue weighted by Crippen LogP contribution is -2.42. The number of carbonyl (C=O) groups excluding carboxylic acids is 4. The molecule has 21 heteroatoms. The summed E-state index contributed by atoms with van der Waals surface area (Å²) in [5.74, 6) is 2.15. The average molecular weight is 1430 g/mol. The van der Waals surface area contributed by atoms with E-state index in [1.807, 2.05) is 113 Å². The molecule has 4 amide bonds. The molecule has 0 atom stereocenters. The molecule has 5 aliphatic rings. The number of aromatic nitrogens is 5. The number of likely N-dealkylation sites (tertiary alicyclic amines) is 3. The number of H-pyrrole nitrogens is 5. The van der Waals surface area contributed by atoms with Gasteiger partial charge in [0.2, 0.25) is 27.7 Å². The highest BCUT2D eigenvalue weighted by Gasteiger charge is 2.30. The number of para-hydroxylation sites is 3. The molecule has 5 aliphatic heterocycles. The van der Waals surface area contributed by atoms with Crippen LogP contribution in [0.25, 0.3) is 65.7 Å². The van der Waals surface area contributed by atoms with Crippen LogP contribution in [0.5, 0.6) is 0 Å². The van der Waals surface area contributed by atoms with E-state index in [2.05, 4.69) is 128 Å². The zero-order chi connectivity index (χ0) is 72.2. The molecular formula is C82H94ClFN12O6S. The van der Waals surface area contributed by atoms with E-state index in [0.29, 0.717) is 62.3 Å². The van der Waals surface area contributed by atoms with Crippen LogP contribution in [-0.2, 0) is 24.4 Å². The third-order valence-corrected chi connectivity index (χ3v) is 22.3. The quantitative estimate of drug-likeness (QED) is 0.0731. The molecular weight excluding hydrogens is 1340 g/mol. The van der Waals surface area contributed by atoms with Gasteiger partial charge in [0.1, 0.15) is 5.82 Å². The van der Waals surface area contributed by atoms with Gasteiger partial charge in [-0.05, 0) is 173 Å². The first-order chi connectivity index (χ1) is 49.9. The van der Waals surface area contributed by atoms with Gasteiger partial charge in [0.05, 0.1) is 19.3 Å². The molecule has 6 aromatic carbocycles. The van der Waals surface area contributed by atoms with Crippen LogP contribution in [0.2, 0.25) is 5.02 Å². The summed E-state index contributed by atoms with van der Waals surface area (Å²) >= 11 is 5.99. The lowest BCUT2D eigenvalue weighted by molar-refractivity contribution is -0.133. The smallest absolute Gasteiger partial charge is 0.253 e. The first-order valence-corrected chi connectivity index (χ1v) is 38.1. The van der Waals surface area contributed by atoms with E-state index in [1.165, 1.54) is 82.5 Å². The average Bonchev–Trinajstić information content (AvgIpc) is 1.72. The largest absolute Gasteiger partial charge is 0.361 e. The number of benzene rings is 6. The number of sulfonamides is 1.